The first-order valence-corrected chi connectivity index (χ1v) is 6.15. The molecule has 2 amide bonds. The number of nitrogens with one attached hydrogen (secondary N) is 2. The highest BCUT2D eigenvalue weighted by Gasteiger charge is 2.68. The molecular formula is C13H14F6N2O. The van der Waals surface area contributed by atoms with Gasteiger partial charge >= 0.3 is 18.4 Å². The fourth-order valence-electron chi connectivity index (χ4n) is 1.59. The molecule has 0 fully saturated rings. The summed E-state index contributed by atoms with van der Waals surface area (Å²) in [7, 11) is 0. The number of rotatable bonds is 3. The maximum absolute atomic E-state index is 12.7. The van der Waals surface area contributed by atoms with Crippen molar-refractivity contribution in [1.82, 2.24) is 10.6 Å². The molecule has 9 heteroatoms. The standard InChI is InChI=1S/C13H14F6N2O/c1-8(9-6-4-3-5-7-9)20-10(22)21-11(2,12(14,15)16)13(17,18)19/h3-8H,1-2H3,(H2,20,21,22). The number of alkyl halides is 6. The maximum atomic E-state index is 12.7. The second-order valence-corrected chi connectivity index (χ2v) is 4.85. The molecule has 0 aliphatic rings. The van der Waals surface area contributed by atoms with Crippen LogP contribution < -0.4 is 10.6 Å². The van der Waals surface area contributed by atoms with Crippen LogP contribution in [0.1, 0.15) is 25.5 Å². The Hall–Kier alpha value is -1.93. The van der Waals surface area contributed by atoms with Gasteiger partial charge in [0.1, 0.15) is 0 Å². The number of urea groups is 1. The highest BCUT2D eigenvalue weighted by atomic mass is 19.4. The average molecular weight is 328 g/mol. The maximum Gasteiger partial charge on any atom is 0.420 e. The number of halogens is 6. The SMILES string of the molecule is CC(NC(=O)NC(C)(C(F)(F)F)C(F)(F)F)c1ccccc1. The highest BCUT2D eigenvalue weighted by Crippen LogP contribution is 2.42. The van der Waals surface area contributed by atoms with E-state index in [1.165, 1.54) is 6.92 Å². The van der Waals surface area contributed by atoms with Crippen molar-refractivity contribution >= 4 is 6.03 Å². The average Bonchev–Trinajstić information content (AvgIpc) is 2.36. The quantitative estimate of drug-likeness (QED) is 0.811. The zero-order valence-corrected chi connectivity index (χ0v) is 11.6. The molecule has 1 rings (SSSR count). The van der Waals surface area contributed by atoms with E-state index >= 15 is 0 Å². The van der Waals surface area contributed by atoms with Crippen LogP contribution in [-0.4, -0.2) is 23.9 Å². The minimum atomic E-state index is -5.68. The molecule has 124 valence electrons. The van der Waals surface area contributed by atoms with Crippen LogP contribution in [0.5, 0.6) is 0 Å². The third-order valence-electron chi connectivity index (χ3n) is 3.14. The Labute approximate surface area is 122 Å². The molecule has 1 aromatic rings. The van der Waals surface area contributed by atoms with E-state index in [1.807, 2.05) is 5.32 Å². The fourth-order valence-corrected chi connectivity index (χ4v) is 1.59. The summed E-state index contributed by atoms with van der Waals surface area (Å²) in [6, 6.07) is 5.78. The first-order valence-electron chi connectivity index (χ1n) is 6.15. The Morgan fingerprint density at radius 1 is 1.00 bits per heavy atom. The molecule has 0 radical (unpaired) electrons. The Morgan fingerprint density at radius 3 is 1.86 bits per heavy atom. The van der Waals surface area contributed by atoms with Gasteiger partial charge in [-0.15, -0.1) is 0 Å². The predicted molar refractivity (Wildman–Crippen MR) is 67.0 cm³/mol. The molecule has 0 bridgehead atoms. The molecule has 0 aliphatic carbocycles. The number of carbonyl (C=O) groups is 1. The molecule has 22 heavy (non-hydrogen) atoms. The van der Waals surface area contributed by atoms with Crippen molar-refractivity contribution in [2.75, 3.05) is 0 Å². The van der Waals surface area contributed by atoms with Crippen molar-refractivity contribution in [2.24, 2.45) is 0 Å². The second-order valence-electron chi connectivity index (χ2n) is 4.85. The Balaban J connectivity index is 2.86. The Bertz CT molecular complexity index is 498. The van der Waals surface area contributed by atoms with Crippen molar-refractivity contribution in [2.45, 2.75) is 37.8 Å². The van der Waals surface area contributed by atoms with Crippen LogP contribution in [0.2, 0.25) is 0 Å². The summed E-state index contributed by atoms with van der Waals surface area (Å²) in [4.78, 5) is 11.5. The van der Waals surface area contributed by atoms with Gasteiger partial charge in [-0.25, -0.2) is 4.79 Å². The summed E-state index contributed by atoms with van der Waals surface area (Å²) in [5, 5.41) is 3.02. The zero-order valence-electron chi connectivity index (χ0n) is 11.6. The molecule has 1 aromatic carbocycles. The van der Waals surface area contributed by atoms with Gasteiger partial charge in [-0.2, -0.15) is 26.3 Å². The van der Waals surface area contributed by atoms with E-state index in [2.05, 4.69) is 0 Å². The summed E-state index contributed by atoms with van der Waals surface area (Å²) in [5.41, 5.74) is -3.79. The van der Waals surface area contributed by atoms with Gasteiger partial charge in [0.25, 0.3) is 0 Å². The van der Waals surface area contributed by atoms with Gasteiger partial charge in [0, 0.05) is 0 Å². The van der Waals surface area contributed by atoms with E-state index < -0.39 is 30.0 Å². The number of amides is 2. The second kappa shape index (κ2) is 6.05. The van der Waals surface area contributed by atoms with Crippen LogP contribution in [0.3, 0.4) is 0 Å². The van der Waals surface area contributed by atoms with E-state index in [0.29, 0.717) is 5.56 Å². The van der Waals surface area contributed by atoms with Crippen LogP contribution in [0.4, 0.5) is 31.1 Å². The van der Waals surface area contributed by atoms with E-state index in [0.717, 1.165) is 5.32 Å². The smallest absolute Gasteiger partial charge is 0.332 e. The highest BCUT2D eigenvalue weighted by molar-refractivity contribution is 5.75. The molecular weight excluding hydrogens is 314 g/mol. The van der Waals surface area contributed by atoms with Crippen molar-refractivity contribution in [3.05, 3.63) is 35.9 Å². The lowest BCUT2D eigenvalue weighted by atomic mass is 10.0. The number of carbonyl (C=O) groups excluding carboxylic acids is 1. The van der Waals surface area contributed by atoms with E-state index in [-0.39, 0.29) is 6.92 Å². The largest absolute Gasteiger partial charge is 0.420 e. The van der Waals surface area contributed by atoms with Gasteiger partial charge in [0.15, 0.2) is 0 Å². The van der Waals surface area contributed by atoms with Gasteiger partial charge in [-0.3, -0.25) is 0 Å². The first kappa shape index (κ1) is 18.1. The van der Waals surface area contributed by atoms with Gasteiger partial charge in [0.05, 0.1) is 6.04 Å². The number of hydrogen-bond donors (Lipinski definition) is 2. The van der Waals surface area contributed by atoms with Crippen LogP contribution in [-0.2, 0) is 0 Å². The summed E-state index contributed by atoms with van der Waals surface area (Å²) >= 11 is 0. The van der Waals surface area contributed by atoms with E-state index in [1.54, 1.807) is 30.3 Å². The van der Waals surface area contributed by atoms with Crippen LogP contribution in [0.15, 0.2) is 30.3 Å². The van der Waals surface area contributed by atoms with Crippen LogP contribution >= 0.6 is 0 Å². The fraction of sp³-hybridized carbons (Fsp3) is 0.462. The molecule has 0 aromatic heterocycles. The summed E-state index contributed by atoms with van der Waals surface area (Å²) < 4.78 is 76.0. The van der Waals surface area contributed by atoms with E-state index in [9.17, 15) is 31.1 Å². The number of benzene rings is 1. The summed E-state index contributed by atoms with van der Waals surface area (Å²) in [5.74, 6) is 0. The van der Waals surface area contributed by atoms with E-state index in [4.69, 9.17) is 0 Å². The Kier molecular flexibility index (Phi) is 4.99. The van der Waals surface area contributed by atoms with Gasteiger partial charge in [0.2, 0.25) is 5.54 Å². The minimum Gasteiger partial charge on any atom is -0.332 e. The van der Waals surface area contributed by atoms with Crippen molar-refractivity contribution in [1.29, 1.82) is 0 Å². The van der Waals surface area contributed by atoms with Gasteiger partial charge < -0.3 is 10.6 Å². The molecule has 0 heterocycles. The molecule has 1 unspecified atom stereocenters. The van der Waals surface area contributed by atoms with Crippen molar-refractivity contribution < 1.29 is 31.1 Å². The third-order valence-corrected chi connectivity index (χ3v) is 3.14. The van der Waals surface area contributed by atoms with Gasteiger partial charge in [-0.05, 0) is 19.4 Å². The predicted octanol–water partition coefficient (Wildman–Crippen LogP) is 3.93. The first-order chi connectivity index (χ1) is 9.88. The van der Waals surface area contributed by atoms with Crippen molar-refractivity contribution in [3.63, 3.8) is 0 Å². The van der Waals surface area contributed by atoms with Crippen LogP contribution in [0.25, 0.3) is 0 Å². The van der Waals surface area contributed by atoms with Crippen LogP contribution in [0, 0.1) is 0 Å². The molecule has 2 N–H and O–H groups in total. The summed E-state index contributed by atoms with van der Waals surface area (Å²) in [6.07, 6.45) is -11.4. The molecule has 0 spiro atoms. The van der Waals surface area contributed by atoms with Crippen molar-refractivity contribution in [3.8, 4) is 0 Å². The molecule has 1 atom stereocenters. The molecule has 0 aliphatic heterocycles. The third kappa shape index (κ3) is 3.83. The minimum absolute atomic E-state index is 0.125. The lowest BCUT2D eigenvalue weighted by Gasteiger charge is -2.34. The summed E-state index contributed by atoms with van der Waals surface area (Å²) in [6.45, 7) is 1.31. The normalized spacial score (nSPS) is 14.4. The van der Waals surface area contributed by atoms with Gasteiger partial charge in [-0.1, -0.05) is 30.3 Å². The molecule has 0 saturated heterocycles. The monoisotopic (exact) mass is 328 g/mol. The lowest BCUT2D eigenvalue weighted by molar-refractivity contribution is -0.297. The number of hydrogen-bond acceptors (Lipinski definition) is 1. The zero-order chi connectivity index (χ0) is 17.2. The topological polar surface area (TPSA) is 41.1 Å². The lowest BCUT2D eigenvalue weighted by Crippen LogP contribution is -2.67. The Morgan fingerprint density at radius 2 is 1.45 bits per heavy atom. The molecule has 0 saturated carbocycles. The molecule has 3 nitrogen and oxygen atoms in total.